The van der Waals surface area contributed by atoms with Crippen LogP contribution in [0.5, 0.6) is 0 Å². The molecule has 0 fully saturated rings. The van der Waals surface area contributed by atoms with Gasteiger partial charge in [0, 0.05) is 32.7 Å². The first kappa shape index (κ1) is 10.9. The van der Waals surface area contributed by atoms with E-state index in [1.165, 1.54) is 5.56 Å². The van der Waals surface area contributed by atoms with E-state index in [4.69, 9.17) is 5.73 Å². The fourth-order valence-electron chi connectivity index (χ4n) is 0.753. The molecule has 0 spiro atoms. The van der Waals surface area contributed by atoms with E-state index in [0.29, 0.717) is 0 Å². The van der Waals surface area contributed by atoms with Crippen LogP contribution in [0.25, 0.3) is 0 Å². The van der Waals surface area contributed by atoms with E-state index in [1.807, 2.05) is 30.3 Å². The quantitative estimate of drug-likeness (QED) is 0.752. The van der Waals surface area contributed by atoms with Crippen molar-refractivity contribution >= 4 is 0 Å². The minimum Gasteiger partial charge on any atom is -0.405 e. The second kappa shape index (κ2) is 6.57. The van der Waals surface area contributed by atoms with Gasteiger partial charge in [0.15, 0.2) is 0 Å². The first-order valence-corrected chi connectivity index (χ1v) is 3.26. The van der Waals surface area contributed by atoms with E-state index < -0.39 is 0 Å². The van der Waals surface area contributed by atoms with Gasteiger partial charge in [-0.1, -0.05) is 6.08 Å². The van der Waals surface area contributed by atoms with Gasteiger partial charge in [0.25, 0.3) is 0 Å². The monoisotopic (exact) mass is 221 g/mol. The molecule has 1 nitrogen and oxygen atoms in total. The summed E-state index contributed by atoms with van der Waals surface area (Å²) >= 11 is 0. The molecule has 0 saturated heterocycles. The van der Waals surface area contributed by atoms with Crippen molar-refractivity contribution in [2.75, 3.05) is 0 Å². The van der Waals surface area contributed by atoms with Gasteiger partial charge in [0.05, 0.1) is 0 Å². The molecule has 2 N–H and O–H groups in total. The zero-order valence-corrected chi connectivity index (χ0v) is 9.16. The Labute approximate surface area is 92.6 Å². The third-order valence-corrected chi connectivity index (χ3v) is 1.25. The van der Waals surface area contributed by atoms with Crippen molar-refractivity contribution in [1.82, 2.24) is 0 Å². The fraction of sp³-hybridized carbons (Fsp3) is 0.111. The Morgan fingerprint density at radius 1 is 1.45 bits per heavy atom. The van der Waals surface area contributed by atoms with Crippen LogP contribution in [0.1, 0.15) is 5.56 Å². The topological polar surface area (TPSA) is 26.0 Å². The van der Waals surface area contributed by atoms with Crippen molar-refractivity contribution in [3.8, 4) is 0 Å². The van der Waals surface area contributed by atoms with Gasteiger partial charge in [0.2, 0.25) is 0 Å². The zero-order valence-electron chi connectivity index (χ0n) is 6.33. The van der Waals surface area contributed by atoms with Crippen molar-refractivity contribution in [3.63, 3.8) is 0 Å². The van der Waals surface area contributed by atoms with Crippen molar-refractivity contribution in [2.45, 2.75) is 6.42 Å². The van der Waals surface area contributed by atoms with Crippen molar-refractivity contribution in [1.29, 1.82) is 0 Å². The number of hydrogen-bond acceptors (Lipinski definition) is 1. The zero-order chi connectivity index (χ0) is 7.23. The Hall–Kier alpha value is -0.136. The predicted octanol–water partition coefficient (Wildman–Crippen LogP) is 1.50. The van der Waals surface area contributed by atoms with Crippen LogP contribution >= 0.6 is 0 Å². The summed E-state index contributed by atoms with van der Waals surface area (Å²) < 4.78 is 0. The normalized spacial score (nSPS) is 9.45. The third-order valence-electron chi connectivity index (χ3n) is 1.25. The maximum atomic E-state index is 5.18. The number of allylic oxidation sites excluding steroid dienone is 1. The van der Waals surface area contributed by atoms with Gasteiger partial charge in [-0.15, -0.1) is 0 Å². The molecule has 1 radical (unpaired) electrons. The van der Waals surface area contributed by atoms with E-state index in [2.05, 4.69) is 6.07 Å². The summed E-state index contributed by atoms with van der Waals surface area (Å²) in [6.45, 7) is 0. The minimum atomic E-state index is 0. The molecule has 0 atom stereocenters. The summed E-state index contributed by atoms with van der Waals surface area (Å²) in [6, 6.07) is 11.0. The number of benzene rings is 1. The van der Waals surface area contributed by atoms with Crippen LogP contribution in [-0.4, -0.2) is 0 Å². The van der Waals surface area contributed by atoms with Crippen molar-refractivity contribution < 1.29 is 32.7 Å². The Morgan fingerprint density at radius 2 is 2.27 bits per heavy atom. The molecule has 0 aliphatic carbocycles. The average Bonchev–Trinajstić information content (AvgIpc) is 2.03. The Balaban J connectivity index is 0.000001000. The molecule has 55 valence electrons. The first-order chi connectivity index (χ1) is 4.93. The molecule has 1 aromatic rings. The van der Waals surface area contributed by atoms with Crippen molar-refractivity contribution in [2.24, 2.45) is 5.73 Å². The Bertz CT molecular complexity index is 206. The molecule has 1 rings (SSSR count). The molecule has 1 aromatic carbocycles. The largest absolute Gasteiger partial charge is 0.405 e. The molecule has 0 aliphatic heterocycles. The summed E-state index contributed by atoms with van der Waals surface area (Å²) in [6.07, 6.45) is 4.34. The van der Waals surface area contributed by atoms with Gasteiger partial charge >= 0.3 is 0 Å². The van der Waals surface area contributed by atoms with Crippen LogP contribution in [-0.2, 0) is 39.1 Å². The van der Waals surface area contributed by atoms with Gasteiger partial charge in [-0.3, -0.25) is 0 Å². The molecule has 0 aromatic heterocycles. The SMILES string of the molecule is N/C=C/Cc1[c-]cccc1.[Y]. The molecule has 0 unspecified atom stereocenters. The summed E-state index contributed by atoms with van der Waals surface area (Å²) in [4.78, 5) is 0. The summed E-state index contributed by atoms with van der Waals surface area (Å²) in [5.74, 6) is 0. The molecular formula is C9H10NY-. The first-order valence-electron chi connectivity index (χ1n) is 3.26. The predicted molar refractivity (Wildman–Crippen MR) is 42.3 cm³/mol. The standard InChI is InChI=1S/C9H10N.Y/c10-8-4-7-9-5-2-1-3-6-9;/h1-5,8H,7,10H2;/q-1;/b8-4+;. The van der Waals surface area contributed by atoms with E-state index in [9.17, 15) is 0 Å². The molecule has 2 heteroatoms. The second-order valence-corrected chi connectivity index (χ2v) is 2.02. The van der Waals surface area contributed by atoms with Crippen LogP contribution in [0.3, 0.4) is 0 Å². The summed E-state index contributed by atoms with van der Waals surface area (Å²) in [5, 5.41) is 0. The van der Waals surface area contributed by atoms with E-state index in [1.54, 1.807) is 6.20 Å². The maximum Gasteiger partial charge on any atom is 0 e. The minimum absolute atomic E-state index is 0. The fourth-order valence-corrected chi connectivity index (χ4v) is 0.753. The molecular weight excluding hydrogens is 211 g/mol. The van der Waals surface area contributed by atoms with Crippen LogP contribution in [0.15, 0.2) is 36.5 Å². The van der Waals surface area contributed by atoms with Crippen LogP contribution < -0.4 is 5.73 Å². The average molecular weight is 221 g/mol. The van der Waals surface area contributed by atoms with Gasteiger partial charge < -0.3 is 5.73 Å². The summed E-state index contributed by atoms with van der Waals surface area (Å²) in [5.41, 5.74) is 6.35. The smallest absolute Gasteiger partial charge is 0 e. The van der Waals surface area contributed by atoms with Gasteiger partial charge in [-0.25, -0.2) is 0 Å². The number of rotatable bonds is 2. The van der Waals surface area contributed by atoms with E-state index in [-0.39, 0.29) is 32.7 Å². The molecule has 0 bridgehead atoms. The maximum absolute atomic E-state index is 5.18. The molecule has 0 heterocycles. The number of hydrogen-bond donors (Lipinski definition) is 1. The number of nitrogens with two attached hydrogens (primary N) is 1. The van der Waals surface area contributed by atoms with E-state index in [0.717, 1.165) is 6.42 Å². The summed E-state index contributed by atoms with van der Waals surface area (Å²) in [7, 11) is 0. The molecule has 11 heavy (non-hydrogen) atoms. The van der Waals surface area contributed by atoms with Gasteiger partial charge in [-0.05, 0) is 12.6 Å². The molecule has 0 amide bonds. The van der Waals surface area contributed by atoms with Gasteiger partial charge in [-0.2, -0.15) is 35.9 Å². The molecule has 0 saturated carbocycles. The third kappa shape index (κ3) is 4.33. The van der Waals surface area contributed by atoms with Crippen LogP contribution in [0.4, 0.5) is 0 Å². The Morgan fingerprint density at radius 3 is 2.82 bits per heavy atom. The second-order valence-electron chi connectivity index (χ2n) is 2.02. The van der Waals surface area contributed by atoms with Crippen molar-refractivity contribution in [3.05, 3.63) is 48.2 Å². The van der Waals surface area contributed by atoms with Gasteiger partial charge in [0.1, 0.15) is 0 Å². The van der Waals surface area contributed by atoms with E-state index >= 15 is 0 Å². The Kier molecular flexibility index (Phi) is 6.49. The molecule has 0 aliphatic rings. The van der Waals surface area contributed by atoms with Crippen LogP contribution in [0.2, 0.25) is 0 Å². The van der Waals surface area contributed by atoms with Crippen LogP contribution in [0, 0.1) is 6.07 Å².